The first kappa shape index (κ1) is 14.5. The van der Waals surface area contributed by atoms with Crippen LogP contribution in [0.1, 0.15) is 35.1 Å². The van der Waals surface area contributed by atoms with E-state index in [1.54, 1.807) is 0 Å². The minimum atomic E-state index is -4.65. The zero-order valence-corrected chi connectivity index (χ0v) is 11.6. The van der Waals surface area contributed by atoms with Gasteiger partial charge in [-0.25, -0.2) is 9.37 Å². The number of aliphatic hydroxyl groups excluding tert-OH is 1. The first-order valence-corrected chi connectivity index (χ1v) is 7.22. The van der Waals surface area contributed by atoms with Crippen molar-refractivity contribution >= 4 is 11.3 Å². The van der Waals surface area contributed by atoms with E-state index in [9.17, 15) is 22.7 Å². The normalized spacial score (nSPS) is 18.6. The third kappa shape index (κ3) is 2.67. The highest BCUT2D eigenvalue weighted by Crippen LogP contribution is 2.42. The highest BCUT2D eigenvalue weighted by Gasteiger charge is 2.35. The number of halogens is 4. The molecule has 0 spiro atoms. The van der Waals surface area contributed by atoms with E-state index in [0.717, 1.165) is 34.8 Å². The van der Waals surface area contributed by atoms with Crippen molar-refractivity contribution in [3.8, 4) is 10.6 Å². The fourth-order valence-electron chi connectivity index (χ4n) is 2.45. The van der Waals surface area contributed by atoms with Crippen LogP contribution < -0.4 is 0 Å². The molecule has 0 amide bonds. The maximum absolute atomic E-state index is 13.1. The molecule has 0 fully saturated rings. The summed E-state index contributed by atoms with van der Waals surface area (Å²) in [5.74, 6) is -0.938. The lowest BCUT2D eigenvalue weighted by molar-refractivity contribution is -0.137. The molecule has 1 unspecified atom stereocenters. The van der Waals surface area contributed by atoms with Gasteiger partial charge in [-0.15, -0.1) is 11.3 Å². The van der Waals surface area contributed by atoms with Crippen LogP contribution in [0.4, 0.5) is 17.6 Å². The van der Waals surface area contributed by atoms with E-state index >= 15 is 0 Å². The quantitative estimate of drug-likeness (QED) is 0.794. The molecule has 1 aliphatic carbocycles. The molecule has 1 aliphatic rings. The molecule has 0 aliphatic heterocycles. The van der Waals surface area contributed by atoms with Gasteiger partial charge in [0, 0.05) is 10.4 Å². The van der Waals surface area contributed by atoms with Crippen molar-refractivity contribution in [1.82, 2.24) is 4.98 Å². The second kappa shape index (κ2) is 5.06. The molecule has 1 atom stereocenters. The number of aromatic nitrogens is 1. The number of alkyl halides is 3. The zero-order chi connectivity index (χ0) is 15.2. The average Bonchev–Trinajstić information content (AvgIpc) is 2.83. The topological polar surface area (TPSA) is 33.1 Å². The molecule has 3 rings (SSSR count). The van der Waals surface area contributed by atoms with Crippen LogP contribution in [0.3, 0.4) is 0 Å². The smallest absolute Gasteiger partial charge is 0.387 e. The van der Waals surface area contributed by atoms with Crippen molar-refractivity contribution in [1.29, 1.82) is 0 Å². The molecule has 0 saturated heterocycles. The van der Waals surface area contributed by atoms with Crippen LogP contribution >= 0.6 is 11.3 Å². The van der Waals surface area contributed by atoms with Crippen LogP contribution in [0, 0.1) is 5.82 Å². The monoisotopic (exact) mass is 317 g/mol. The number of hydrogen-bond acceptors (Lipinski definition) is 3. The van der Waals surface area contributed by atoms with Gasteiger partial charge in [-0.3, -0.25) is 0 Å². The molecule has 2 nitrogen and oxygen atoms in total. The molecular weight excluding hydrogens is 306 g/mol. The standard InChI is InChI=1S/C14H11F4NOS/c15-7-4-5-8(9(6-7)14(16,17)18)13-19-12-10(20)2-1-3-11(12)21-13/h4-6,10,20H,1-3H2. The van der Waals surface area contributed by atoms with Crippen LogP contribution in [0.25, 0.3) is 10.6 Å². The predicted octanol–water partition coefficient (Wildman–Crippen LogP) is 4.34. The largest absolute Gasteiger partial charge is 0.417 e. The Hall–Kier alpha value is -1.47. The molecule has 112 valence electrons. The average molecular weight is 317 g/mol. The van der Waals surface area contributed by atoms with Crippen molar-refractivity contribution in [2.24, 2.45) is 0 Å². The third-order valence-electron chi connectivity index (χ3n) is 3.44. The van der Waals surface area contributed by atoms with Crippen LogP contribution in [0.5, 0.6) is 0 Å². The van der Waals surface area contributed by atoms with Crippen LogP contribution in [0.2, 0.25) is 0 Å². The van der Waals surface area contributed by atoms with Gasteiger partial charge in [-0.1, -0.05) is 0 Å². The van der Waals surface area contributed by atoms with E-state index in [1.807, 2.05) is 0 Å². The van der Waals surface area contributed by atoms with Gasteiger partial charge in [0.15, 0.2) is 0 Å². The van der Waals surface area contributed by atoms with E-state index in [-0.39, 0.29) is 10.6 Å². The van der Waals surface area contributed by atoms with Gasteiger partial charge in [-0.2, -0.15) is 13.2 Å². The van der Waals surface area contributed by atoms with E-state index in [4.69, 9.17) is 0 Å². The van der Waals surface area contributed by atoms with E-state index in [2.05, 4.69) is 4.98 Å². The minimum absolute atomic E-state index is 0.143. The zero-order valence-electron chi connectivity index (χ0n) is 10.7. The molecule has 0 saturated carbocycles. The van der Waals surface area contributed by atoms with Gasteiger partial charge in [0.25, 0.3) is 0 Å². The summed E-state index contributed by atoms with van der Waals surface area (Å²) in [5, 5.41) is 10.0. The van der Waals surface area contributed by atoms with Crippen molar-refractivity contribution in [2.75, 3.05) is 0 Å². The Balaban J connectivity index is 2.13. The number of rotatable bonds is 1. The van der Waals surface area contributed by atoms with E-state index in [0.29, 0.717) is 24.6 Å². The van der Waals surface area contributed by atoms with Gasteiger partial charge in [0.2, 0.25) is 0 Å². The van der Waals surface area contributed by atoms with Crippen molar-refractivity contribution in [3.05, 3.63) is 40.2 Å². The summed E-state index contributed by atoms with van der Waals surface area (Å²) in [6.45, 7) is 0. The van der Waals surface area contributed by atoms with E-state index in [1.165, 1.54) is 0 Å². The summed E-state index contributed by atoms with van der Waals surface area (Å²) < 4.78 is 52.2. The Bertz CT molecular complexity index is 680. The Morgan fingerprint density at radius 3 is 2.71 bits per heavy atom. The van der Waals surface area contributed by atoms with Gasteiger partial charge in [-0.05, 0) is 37.5 Å². The van der Waals surface area contributed by atoms with Gasteiger partial charge in [0.05, 0.1) is 17.4 Å². The predicted molar refractivity (Wildman–Crippen MR) is 70.4 cm³/mol. The van der Waals surface area contributed by atoms with Crippen LogP contribution in [-0.2, 0) is 12.6 Å². The molecule has 1 heterocycles. The number of aliphatic hydroxyl groups is 1. The molecule has 1 aromatic carbocycles. The van der Waals surface area contributed by atoms with Gasteiger partial charge >= 0.3 is 6.18 Å². The summed E-state index contributed by atoms with van der Waals surface area (Å²) in [5.41, 5.74) is -0.725. The van der Waals surface area contributed by atoms with E-state index < -0.39 is 23.7 Å². The number of benzene rings is 1. The molecule has 7 heteroatoms. The van der Waals surface area contributed by atoms with Crippen molar-refractivity contribution in [2.45, 2.75) is 31.5 Å². The summed E-state index contributed by atoms with van der Waals surface area (Å²) in [4.78, 5) is 4.96. The number of aryl methyl sites for hydroxylation is 1. The lowest BCUT2D eigenvalue weighted by atomic mass is 10.0. The highest BCUT2D eigenvalue weighted by atomic mass is 32.1. The second-order valence-electron chi connectivity index (χ2n) is 4.92. The number of hydrogen-bond donors (Lipinski definition) is 1. The fourth-order valence-corrected chi connectivity index (χ4v) is 3.65. The lowest BCUT2D eigenvalue weighted by Crippen LogP contribution is -2.08. The first-order chi connectivity index (χ1) is 9.86. The maximum atomic E-state index is 13.1. The van der Waals surface area contributed by atoms with Crippen molar-refractivity contribution < 1.29 is 22.7 Å². The second-order valence-corrected chi connectivity index (χ2v) is 6.01. The molecular formula is C14H11F4NOS. The van der Waals surface area contributed by atoms with Crippen LogP contribution in [-0.4, -0.2) is 10.1 Å². The van der Waals surface area contributed by atoms with Gasteiger partial charge in [0.1, 0.15) is 10.8 Å². The fraction of sp³-hybridized carbons (Fsp3) is 0.357. The Kier molecular flexibility index (Phi) is 3.49. The SMILES string of the molecule is OC1CCCc2sc(-c3ccc(F)cc3C(F)(F)F)nc21. The van der Waals surface area contributed by atoms with Crippen molar-refractivity contribution in [3.63, 3.8) is 0 Å². The molecule has 1 aromatic heterocycles. The number of fused-ring (bicyclic) bond motifs is 1. The Morgan fingerprint density at radius 2 is 2.05 bits per heavy atom. The van der Waals surface area contributed by atoms with Crippen LogP contribution in [0.15, 0.2) is 18.2 Å². The maximum Gasteiger partial charge on any atom is 0.417 e. The number of nitrogens with zero attached hydrogens (tertiary/aromatic N) is 1. The first-order valence-electron chi connectivity index (χ1n) is 6.41. The summed E-state index contributed by atoms with van der Waals surface area (Å²) in [7, 11) is 0. The molecule has 21 heavy (non-hydrogen) atoms. The van der Waals surface area contributed by atoms with Gasteiger partial charge < -0.3 is 5.11 Å². The highest BCUT2D eigenvalue weighted by molar-refractivity contribution is 7.15. The summed E-state index contributed by atoms with van der Waals surface area (Å²) >= 11 is 1.13. The Morgan fingerprint density at radius 1 is 1.29 bits per heavy atom. The Labute approximate surface area is 122 Å². The molecule has 0 radical (unpaired) electrons. The lowest BCUT2D eigenvalue weighted by Gasteiger charge is -2.14. The minimum Gasteiger partial charge on any atom is -0.387 e. The molecule has 0 bridgehead atoms. The molecule has 1 N–H and O–H groups in total. The molecule has 2 aromatic rings. The summed E-state index contributed by atoms with van der Waals surface area (Å²) in [6, 6.07) is 2.56. The number of thiazole rings is 1. The summed E-state index contributed by atoms with van der Waals surface area (Å²) in [6.07, 6.45) is -3.33. The third-order valence-corrected chi connectivity index (χ3v) is 4.61.